The molecule has 104 valence electrons. The summed E-state index contributed by atoms with van der Waals surface area (Å²) in [5.41, 5.74) is 0.797. The average Bonchev–Trinajstić information content (AvgIpc) is 2.33. The summed E-state index contributed by atoms with van der Waals surface area (Å²) in [6.45, 7) is 3.75. The van der Waals surface area contributed by atoms with Crippen LogP contribution in [0, 0.1) is 5.92 Å². The lowest BCUT2D eigenvalue weighted by Crippen LogP contribution is -2.27. The molecule has 0 unspecified atom stereocenters. The Morgan fingerprint density at radius 2 is 2.21 bits per heavy atom. The summed E-state index contributed by atoms with van der Waals surface area (Å²) in [5, 5.41) is 2.94. The van der Waals surface area contributed by atoms with Crippen LogP contribution in [-0.2, 0) is 9.53 Å². The highest BCUT2D eigenvalue weighted by Crippen LogP contribution is 2.28. The summed E-state index contributed by atoms with van der Waals surface area (Å²) in [4.78, 5) is 11.8. The van der Waals surface area contributed by atoms with Crippen molar-refractivity contribution in [1.29, 1.82) is 0 Å². The molecule has 4 heteroatoms. The van der Waals surface area contributed by atoms with E-state index in [1.807, 2.05) is 31.2 Å². The predicted octanol–water partition coefficient (Wildman–Crippen LogP) is 2.84. The maximum absolute atomic E-state index is 11.8. The smallest absolute Gasteiger partial charge is 0.227 e. The zero-order chi connectivity index (χ0) is 13.5. The van der Waals surface area contributed by atoms with E-state index in [0.29, 0.717) is 19.8 Å². The second kappa shape index (κ2) is 7.14. The second-order valence-electron chi connectivity index (χ2n) is 4.69. The zero-order valence-electron chi connectivity index (χ0n) is 11.4. The topological polar surface area (TPSA) is 47.6 Å². The van der Waals surface area contributed by atoms with Crippen LogP contribution in [0.3, 0.4) is 0 Å². The Hall–Kier alpha value is -1.55. The Labute approximate surface area is 114 Å². The molecular weight excluding hydrogens is 242 g/mol. The van der Waals surface area contributed by atoms with Gasteiger partial charge in [0.05, 0.1) is 6.61 Å². The van der Waals surface area contributed by atoms with E-state index in [-0.39, 0.29) is 11.8 Å². The maximum Gasteiger partial charge on any atom is 0.227 e. The lowest BCUT2D eigenvalue weighted by Gasteiger charge is -2.24. The molecule has 1 aromatic rings. The van der Waals surface area contributed by atoms with Crippen LogP contribution in [0.15, 0.2) is 24.3 Å². The van der Waals surface area contributed by atoms with Crippen LogP contribution in [0.4, 0.5) is 5.69 Å². The Bertz CT molecular complexity index is 416. The molecular formula is C15H21NO3. The van der Waals surface area contributed by atoms with Crippen molar-refractivity contribution in [2.75, 3.05) is 25.1 Å². The van der Waals surface area contributed by atoms with Gasteiger partial charge < -0.3 is 14.8 Å². The number of anilines is 1. The molecule has 1 N–H and O–H groups in total. The molecule has 0 bridgehead atoms. The molecule has 0 radical (unpaired) electrons. The lowest BCUT2D eigenvalue weighted by atomic mass is 9.85. The molecule has 0 atom stereocenters. The third kappa shape index (κ3) is 4.24. The van der Waals surface area contributed by atoms with Crippen LogP contribution < -0.4 is 10.1 Å². The van der Waals surface area contributed by atoms with Crippen molar-refractivity contribution in [3.05, 3.63) is 24.3 Å². The number of ether oxygens (including phenoxy) is 2. The standard InChI is InChI=1S/C15H21NO3/c1-2-18-9-10-19-14-8-4-7-13(11-14)16-15(17)12-5-3-6-12/h4,7-8,11-12H,2-3,5-6,9-10H2,1H3,(H,16,17). The second-order valence-corrected chi connectivity index (χ2v) is 4.69. The van der Waals surface area contributed by atoms with Crippen molar-refractivity contribution in [2.24, 2.45) is 5.92 Å². The highest BCUT2D eigenvalue weighted by Gasteiger charge is 2.25. The Balaban J connectivity index is 1.82. The molecule has 19 heavy (non-hydrogen) atoms. The number of nitrogens with one attached hydrogen (secondary N) is 1. The van der Waals surface area contributed by atoms with Gasteiger partial charge in [-0.15, -0.1) is 0 Å². The van der Waals surface area contributed by atoms with E-state index in [1.165, 1.54) is 6.42 Å². The summed E-state index contributed by atoms with van der Waals surface area (Å²) < 4.78 is 10.8. The van der Waals surface area contributed by atoms with Crippen LogP contribution in [-0.4, -0.2) is 25.7 Å². The fraction of sp³-hybridized carbons (Fsp3) is 0.533. The van der Waals surface area contributed by atoms with E-state index >= 15 is 0 Å². The van der Waals surface area contributed by atoms with E-state index in [9.17, 15) is 4.79 Å². The number of benzene rings is 1. The minimum absolute atomic E-state index is 0.123. The predicted molar refractivity (Wildman–Crippen MR) is 74.4 cm³/mol. The van der Waals surface area contributed by atoms with Crippen molar-refractivity contribution in [3.63, 3.8) is 0 Å². The molecule has 0 aromatic heterocycles. The number of hydrogen-bond acceptors (Lipinski definition) is 3. The van der Waals surface area contributed by atoms with Gasteiger partial charge in [0.25, 0.3) is 0 Å². The first-order valence-corrected chi connectivity index (χ1v) is 6.91. The van der Waals surface area contributed by atoms with Crippen LogP contribution in [0.5, 0.6) is 5.75 Å². The highest BCUT2D eigenvalue weighted by atomic mass is 16.5. The monoisotopic (exact) mass is 263 g/mol. The van der Waals surface area contributed by atoms with Gasteiger partial charge in [-0.1, -0.05) is 12.5 Å². The summed E-state index contributed by atoms with van der Waals surface area (Å²) >= 11 is 0. The fourth-order valence-corrected chi connectivity index (χ4v) is 1.94. The molecule has 1 aliphatic rings. The van der Waals surface area contributed by atoms with Crippen molar-refractivity contribution in [1.82, 2.24) is 0 Å². The van der Waals surface area contributed by atoms with Gasteiger partial charge in [0.15, 0.2) is 0 Å². The average molecular weight is 263 g/mol. The van der Waals surface area contributed by atoms with E-state index in [4.69, 9.17) is 9.47 Å². The van der Waals surface area contributed by atoms with Gasteiger partial charge in [-0.25, -0.2) is 0 Å². The molecule has 1 amide bonds. The number of carbonyl (C=O) groups excluding carboxylic acids is 1. The minimum atomic E-state index is 0.123. The van der Waals surface area contributed by atoms with E-state index in [1.54, 1.807) is 0 Å². The SMILES string of the molecule is CCOCCOc1cccc(NC(=O)C2CCC2)c1. The minimum Gasteiger partial charge on any atom is -0.491 e. The number of amides is 1. The lowest BCUT2D eigenvalue weighted by molar-refractivity contribution is -0.122. The third-order valence-electron chi connectivity index (χ3n) is 3.28. The summed E-state index contributed by atoms with van der Waals surface area (Å²) in [6, 6.07) is 7.49. The van der Waals surface area contributed by atoms with Gasteiger partial charge in [0, 0.05) is 24.3 Å². The highest BCUT2D eigenvalue weighted by molar-refractivity contribution is 5.93. The molecule has 1 aromatic carbocycles. The Morgan fingerprint density at radius 3 is 2.89 bits per heavy atom. The molecule has 0 spiro atoms. The van der Waals surface area contributed by atoms with Gasteiger partial charge in [-0.2, -0.15) is 0 Å². The van der Waals surface area contributed by atoms with Crippen molar-refractivity contribution in [2.45, 2.75) is 26.2 Å². The van der Waals surface area contributed by atoms with Crippen LogP contribution in [0.2, 0.25) is 0 Å². The van der Waals surface area contributed by atoms with Crippen molar-refractivity contribution in [3.8, 4) is 5.75 Å². The number of carbonyl (C=O) groups is 1. The van der Waals surface area contributed by atoms with Gasteiger partial charge in [-0.3, -0.25) is 4.79 Å². The van der Waals surface area contributed by atoms with Gasteiger partial charge >= 0.3 is 0 Å². The maximum atomic E-state index is 11.8. The molecule has 0 saturated heterocycles. The first kappa shape index (κ1) is 13.9. The largest absolute Gasteiger partial charge is 0.491 e. The normalized spacial score (nSPS) is 14.8. The first-order chi connectivity index (χ1) is 9.29. The fourth-order valence-electron chi connectivity index (χ4n) is 1.94. The van der Waals surface area contributed by atoms with Crippen molar-refractivity contribution >= 4 is 11.6 Å². The Morgan fingerprint density at radius 1 is 1.37 bits per heavy atom. The quantitative estimate of drug-likeness (QED) is 0.769. The summed E-state index contributed by atoms with van der Waals surface area (Å²) in [6.07, 6.45) is 3.19. The molecule has 4 nitrogen and oxygen atoms in total. The van der Waals surface area contributed by atoms with E-state index < -0.39 is 0 Å². The van der Waals surface area contributed by atoms with Crippen LogP contribution in [0.1, 0.15) is 26.2 Å². The van der Waals surface area contributed by atoms with Crippen LogP contribution >= 0.6 is 0 Å². The molecule has 1 aliphatic carbocycles. The molecule has 0 aliphatic heterocycles. The van der Waals surface area contributed by atoms with Crippen LogP contribution in [0.25, 0.3) is 0 Å². The van der Waals surface area contributed by atoms with Crippen molar-refractivity contribution < 1.29 is 14.3 Å². The third-order valence-corrected chi connectivity index (χ3v) is 3.28. The molecule has 1 fully saturated rings. The van der Waals surface area contributed by atoms with E-state index in [2.05, 4.69) is 5.32 Å². The van der Waals surface area contributed by atoms with Gasteiger partial charge in [-0.05, 0) is 31.9 Å². The summed E-state index contributed by atoms with van der Waals surface area (Å²) in [5.74, 6) is 1.08. The zero-order valence-corrected chi connectivity index (χ0v) is 11.4. The molecule has 2 rings (SSSR count). The molecule has 0 heterocycles. The number of rotatable bonds is 7. The summed E-state index contributed by atoms with van der Waals surface area (Å²) in [7, 11) is 0. The van der Waals surface area contributed by atoms with Gasteiger partial charge in [0.2, 0.25) is 5.91 Å². The first-order valence-electron chi connectivity index (χ1n) is 6.91. The number of hydrogen-bond donors (Lipinski definition) is 1. The Kier molecular flexibility index (Phi) is 5.21. The van der Waals surface area contributed by atoms with Gasteiger partial charge in [0.1, 0.15) is 12.4 Å². The van der Waals surface area contributed by atoms with E-state index in [0.717, 1.165) is 24.3 Å². The molecule has 1 saturated carbocycles.